The first kappa shape index (κ1) is 14.1. The van der Waals surface area contributed by atoms with E-state index in [-0.39, 0.29) is 17.5 Å². The SMILES string of the molecule is COC(C)(C)CC(NN)c1cc(C)ccc1F. The summed E-state index contributed by atoms with van der Waals surface area (Å²) in [4.78, 5) is 0. The highest BCUT2D eigenvalue weighted by atomic mass is 19.1. The monoisotopic (exact) mass is 240 g/mol. The van der Waals surface area contributed by atoms with Gasteiger partial charge in [0.05, 0.1) is 11.6 Å². The predicted molar refractivity (Wildman–Crippen MR) is 66.9 cm³/mol. The third-order valence-electron chi connectivity index (χ3n) is 2.98. The number of ether oxygens (including phenoxy) is 1. The summed E-state index contributed by atoms with van der Waals surface area (Å²) in [5.41, 5.74) is 3.90. The van der Waals surface area contributed by atoms with Gasteiger partial charge in [-0.3, -0.25) is 11.3 Å². The lowest BCUT2D eigenvalue weighted by Crippen LogP contribution is -2.35. The number of nitrogens with two attached hydrogens (primary N) is 1. The number of methoxy groups -OCH3 is 1. The first-order chi connectivity index (χ1) is 7.89. The van der Waals surface area contributed by atoms with Gasteiger partial charge in [0.1, 0.15) is 5.82 Å². The molecule has 0 amide bonds. The number of benzene rings is 1. The highest BCUT2D eigenvalue weighted by molar-refractivity contribution is 5.27. The largest absolute Gasteiger partial charge is 0.379 e. The Labute approximate surface area is 102 Å². The van der Waals surface area contributed by atoms with Crippen LogP contribution in [0.2, 0.25) is 0 Å². The molecule has 1 aromatic carbocycles. The third kappa shape index (κ3) is 3.77. The third-order valence-corrected chi connectivity index (χ3v) is 2.98. The minimum atomic E-state index is -0.354. The molecule has 0 saturated carbocycles. The van der Waals surface area contributed by atoms with E-state index in [4.69, 9.17) is 10.6 Å². The van der Waals surface area contributed by atoms with Crippen molar-refractivity contribution >= 4 is 0 Å². The van der Waals surface area contributed by atoms with Crippen molar-refractivity contribution in [3.8, 4) is 0 Å². The van der Waals surface area contributed by atoms with Gasteiger partial charge in [-0.15, -0.1) is 0 Å². The zero-order chi connectivity index (χ0) is 13.1. The Morgan fingerprint density at radius 1 is 1.47 bits per heavy atom. The molecule has 0 saturated heterocycles. The normalized spacial score (nSPS) is 13.8. The summed E-state index contributed by atoms with van der Waals surface area (Å²) in [6.45, 7) is 5.83. The Morgan fingerprint density at radius 3 is 2.65 bits per heavy atom. The zero-order valence-corrected chi connectivity index (χ0v) is 10.9. The first-order valence-electron chi connectivity index (χ1n) is 5.67. The van der Waals surface area contributed by atoms with Gasteiger partial charge in [-0.25, -0.2) is 4.39 Å². The Balaban J connectivity index is 2.97. The molecular weight excluding hydrogens is 219 g/mol. The molecule has 0 bridgehead atoms. The quantitative estimate of drug-likeness (QED) is 0.614. The van der Waals surface area contributed by atoms with Gasteiger partial charge in [-0.2, -0.15) is 0 Å². The molecule has 3 nitrogen and oxygen atoms in total. The van der Waals surface area contributed by atoms with Gasteiger partial charge < -0.3 is 4.74 Å². The van der Waals surface area contributed by atoms with Crippen LogP contribution in [0.1, 0.15) is 37.4 Å². The van der Waals surface area contributed by atoms with Crippen LogP contribution in [0, 0.1) is 12.7 Å². The van der Waals surface area contributed by atoms with Crippen LogP contribution < -0.4 is 11.3 Å². The number of aryl methyl sites for hydroxylation is 1. The number of nitrogens with one attached hydrogen (secondary N) is 1. The second kappa shape index (κ2) is 5.58. The zero-order valence-electron chi connectivity index (χ0n) is 10.9. The van der Waals surface area contributed by atoms with Gasteiger partial charge in [-0.05, 0) is 33.3 Å². The molecule has 17 heavy (non-hydrogen) atoms. The number of hydrogen-bond donors (Lipinski definition) is 2. The molecule has 1 aromatic rings. The molecule has 0 fully saturated rings. The van der Waals surface area contributed by atoms with Crippen molar-refractivity contribution in [1.29, 1.82) is 0 Å². The Morgan fingerprint density at radius 2 is 2.12 bits per heavy atom. The highest BCUT2D eigenvalue weighted by Gasteiger charge is 2.25. The molecule has 0 heterocycles. The molecule has 4 heteroatoms. The summed E-state index contributed by atoms with van der Waals surface area (Å²) in [6.07, 6.45) is 0.598. The maximum Gasteiger partial charge on any atom is 0.128 e. The summed E-state index contributed by atoms with van der Waals surface area (Å²) >= 11 is 0. The van der Waals surface area contributed by atoms with E-state index in [2.05, 4.69) is 5.43 Å². The van der Waals surface area contributed by atoms with E-state index >= 15 is 0 Å². The molecule has 0 aliphatic rings. The molecule has 96 valence electrons. The van der Waals surface area contributed by atoms with E-state index in [9.17, 15) is 4.39 Å². The van der Waals surface area contributed by atoms with E-state index < -0.39 is 0 Å². The van der Waals surface area contributed by atoms with E-state index in [0.29, 0.717) is 12.0 Å². The molecule has 0 aliphatic heterocycles. The van der Waals surface area contributed by atoms with Crippen LogP contribution >= 0.6 is 0 Å². The molecule has 3 N–H and O–H groups in total. The minimum Gasteiger partial charge on any atom is -0.379 e. The molecule has 0 aliphatic carbocycles. The number of rotatable bonds is 5. The van der Waals surface area contributed by atoms with Crippen molar-refractivity contribution in [3.63, 3.8) is 0 Å². The van der Waals surface area contributed by atoms with Crippen LogP contribution in [-0.2, 0) is 4.74 Å². The van der Waals surface area contributed by atoms with Crippen molar-refractivity contribution in [3.05, 3.63) is 35.1 Å². The van der Waals surface area contributed by atoms with Gasteiger partial charge in [-0.1, -0.05) is 17.7 Å². The lowest BCUT2D eigenvalue weighted by molar-refractivity contribution is 0.00654. The van der Waals surface area contributed by atoms with Crippen LogP contribution in [0.4, 0.5) is 4.39 Å². The van der Waals surface area contributed by atoms with Gasteiger partial charge in [0, 0.05) is 12.7 Å². The van der Waals surface area contributed by atoms with Crippen molar-refractivity contribution < 1.29 is 9.13 Å². The lowest BCUT2D eigenvalue weighted by Gasteiger charge is -2.28. The lowest BCUT2D eigenvalue weighted by atomic mass is 9.93. The van der Waals surface area contributed by atoms with Gasteiger partial charge in [0.2, 0.25) is 0 Å². The smallest absolute Gasteiger partial charge is 0.128 e. The van der Waals surface area contributed by atoms with Crippen molar-refractivity contribution in [2.75, 3.05) is 7.11 Å². The van der Waals surface area contributed by atoms with E-state index in [1.807, 2.05) is 26.8 Å². The summed E-state index contributed by atoms with van der Waals surface area (Å²) in [6, 6.07) is 4.76. The summed E-state index contributed by atoms with van der Waals surface area (Å²) in [5.74, 6) is 5.27. The van der Waals surface area contributed by atoms with Crippen molar-refractivity contribution in [2.45, 2.75) is 38.8 Å². The summed E-state index contributed by atoms with van der Waals surface area (Å²) in [7, 11) is 1.64. The van der Waals surface area contributed by atoms with Gasteiger partial charge >= 0.3 is 0 Å². The number of hydrogen-bond acceptors (Lipinski definition) is 3. The van der Waals surface area contributed by atoms with Crippen molar-refractivity contribution in [1.82, 2.24) is 5.43 Å². The van der Waals surface area contributed by atoms with Gasteiger partial charge in [0.15, 0.2) is 0 Å². The maximum absolute atomic E-state index is 13.7. The summed E-state index contributed by atoms with van der Waals surface area (Å²) in [5, 5.41) is 0. The predicted octanol–water partition coefficient (Wildman–Crippen LogP) is 2.45. The fourth-order valence-electron chi connectivity index (χ4n) is 1.76. The van der Waals surface area contributed by atoms with Crippen LogP contribution in [0.15, 0.2) is 18.2 Å². The van der Waals surface area contributed by atoms with E-state index in [1.54, 1.807) is 13.2 Å². The molecule has 1 atom stereocenters. The number of hydrazine groups is 1. The van der Waals surface area contributed by atoms with Crippen LogP contribution in [0.3, 0.4) is 0 Å². The topological polar surface area (TPSA) is 47.3 Å². The van der Waals surface area contributed by atoms with Crippen LogP contribution in [0.5, 0.6) is 0 Å². The van der Waals surface area contributed by atoms with Crippen molar-refractivity contribution in [2.24, 2.45) is 5.84 Å². The Bertz CT molecular complexity index is 380. The molecule has 0 radical (unpaired) electrons. The van der Waals surface area contributed by atoms with Crippen LogP contribution in [-0.4, -0.2) is 12.7 Å². The Hall–Kier alpha value is -0.970. The Kier molecular flexibility index (Phi) is 4.62. The van der Waals surface area contributed by atoms with E-state index in [1.165, 1.54) is 6.07 Å². The fourth-order valence-corrected chi connectivity index (χ4v) is 1.76. The second-order valence-corrected chi connectivity index (χ2v) is 4.91. The molecule has 0 aromatic heterocycles. The first-order valence-corrected chi connectivity index (χ1v) is 5.67. The second-order valence-electron chi connectivity index (χ2n) is 4.91. The summed E-state index contributed by atoms with van der Waals surface area (Å²) < 4.78 is 19.1. The van der Waals surface area contributed by atoms with Crippen LogP contribution in [0.25, 0.3) is 0 Å². The molecule has 1 rings (SSSR count). The maximum atomic E-state index is 13.7. The van der Waals surface area contributed by atoms with Gasteiger partial charge in [0.25, 0.3) is 0 Å². The minimum absolute atomic E-state index is 0.245. The molecular formula is C13H21FN2O. The molecule has 1 unspecified atom stereocenters. The fraction of sp³-hybridized carbons (Fsp3) is 0.538. The average Bonchev–Trinajstić information content (AvgIpc) is 2.29. The standard InChI is InChI=1S/C13H21FN2O/c1-9-5-6-11(14)10(7-9)12(16-15)8-13(2,3)17-4/h5-7,12,16H,8,15H2,1-4H3. The highest BCUT2D eigenvalue weighted by Crippen LogP contribution is 2.27. The average molecular weight is 240 g/mol. The van der Waals surface area contributed by atoms with E-state index in [0.717, 1.165) is 5.56 Å². The molecule has 0 spiro atoms. The number of halogens is 1.